The molecule has 0 fully saturated rings. The van der Waals surface area contributed by atoms with Crippen LogP contribution >= 0.6 is 0 Å². The molecule has 2 aromatic rings. The first kappa shape index (κ1) is 18.9. The molecule has 0 bridgehead atoms. The lowest BCUT2D eigenvalue weighted by molar-refractivity contribution is 0.0697. The summed E-state index contributed by atoms with van der Waals surface area (Å²) in [6.45, 7) is 8.09. The van der Waals surface area contributed by atoms with Crippen molar-refractivity contribution in [3.63, 3.8) is 0 Å². The summed E-state index contributed by atoms with van der Waals surface area (Å²) < 4.78 is 8.56. The highest BCUT2D eigenvalue weighted by Crippen LogP contribution is 2.41. The lowest BCUT2D eigenvalue weighted by Gasteiger charge is -2.17. The number of fused-ring (bicyclic) bond motifs is 2. The first-order chi connectivity index (χ1) is 14.0. The fraction of sp³-hybridized carbons (Fsp3) is 0.200. The third-order valence-electron chi connectivity index (χ3n) is 5.42. The van der Waals surface area contributed by atoms with Crippen molar-refractivity contribution in [1.82, 2.24) is 4.58 Å². The Labute approximate surface area is 169 Å². The van der Waals surface area contributed by atoms with E-state index in [4.69, 9.17) is 4.42 Å². The highest BCUT2D eigenvalue weighted by molar-refractivity contribution is 6.07. The van der Waals surface area contributed by atoms with Gasteiger partial charge in [0.2, 0.25) is 5.36 Å². The average molecular weight is 386 g/mol. The minimum atomic E-state index is -0.936. The number of rotatable bonds is 4. The Balaban J connectivity index is 2.18. The van der Waals surface area contributed by atoms with E-state index < -0.39 is 5.97 Å². The van der Waals surface area contributed by atoms with Crippen LogP contribution in [0.2, 0.25) is 0 Å². The van der Waals surface area contributed by atoms with Gasteiger partial charge in [-0.05, 0) is 50.1 Å². The van der Waals surface area contributed by atoms with E-state index in [-0.39, 0.29) is 5.56 Å². The fourth-order valence-electron chi connectivity index (χ4n) is 3.95. The minimum absolute atomic E-state index is 0.287. The Morgan fingerprint density at radius 1 is 0.966 bits per heavy atom. The number of aryl methyl sites for hydroxylation is 1. The van der Waals surface area contributed by atoms with Crippen LogP contribution in [0.15, 0.2) is 65.1 Å². The predicted octanol–water partition coefficient (Wildman–Crippen LogP) is 5.02. The molecular weight excluding hydrogens is 362 g/mol. The molecule has 0 spiro atoms. The van der Waals surface area contributed by atoms with Crippen molar-refractivity contribution < 1.29 is 14.3 Å². The number of hydrogen-bond acceptors (Lipinski definition) is 2. The Hall–Kier alpha value is -3.40. The van der Waals surface area contributed by atoms with Gasteiger partial charge in [0, 0.05) is 22.6 Å². The molecule has 1 aliphatic heterocycles. The van der Waals surface area contributed by atoms with Gasteiger partial charge in [-0.1, -0.05) is 30.3 Å². The first-order valence-corrected chi connectivity index (χ1v) is 9.91. The molecule has 4 rings (SSSR count). The van der Waals surface area contributed by atoms with Crippen LogP contribution in [0.1, 0.15) is 29.8 Å². The van der Waals surface area contributed by atoms with E-state index in [1.165, 1.54) is 0 Å². The molecule has 146 valence electrons. The van der Waals surface area contributed by atoms with Crippen LogP contribution in [0.3, 0.4) is 0 Å². The van der Waals surface area contributed by atoms with E-state index in [2.05, 4.69) is 30.6 Å². The summed E-state index contributed by atoms with van der Waals surface area (Å²) in [5, 5.41) is 11.8. The van der Waals surface area contributed by atoms with Gasteiger partial charge in [-0.25, -0.2) is 9.37 Å². The summed E-state index contributed by atoms with van der Waals surface area (Å²) in [6, 6.07) is 19.4. The topological polar surface area (TPSA) is 53.5 Å². The summed E-state index contributed by atoms with van der Waals surface area (Å²) in [5.41, 5.74) is 4.64. The zero-order valence-electron chi connectivity index (χ0n) is 16.9. The quantitative estimate of drug-likeness (QED) is 0.396. The zero-order chi connectivity index (χ0) is 20.5. The monoisotopic (exact) mass is 386 g/mol. The van der Waals surface area contributed by atoms with Crippen molar-refractivity contribution in [2.75, 3.05) is 13.1 Å². The summed E-state index contributed by atoms with van der Waals surface area (Å²) in [4.78, 5) is 11.9. The SMILES string of the molecule is CC[N+](CC)=c1ccc2c(-c3ccccc3C(=O)O)c3ccc(C)cc3oc-2c1. The maximum Gasteiger partial charge on any atom is 0.336 e. The van der Waals surface area contributed by atoms with Crippen molar-refractivity contribution in [2.45, 2.75) is 20.8 Å². The molecule has 29 heavy (non-hydrogen) atoms. The zero-order valence-corrected chi connectivity index (χ0v) is 16.9. The van der Waals surface area contributed by atoms with Gasteiger partial charge in [-0.3, -0.25) is 0 Å². The molecule has 4 heteroatoms. The van der Waals surface area contributed by atoms with Crippen LogP contribution in [0, 0.1) is 6.92 Å². The van der Waals surface area contributed by atoms with E-state index in [1.807, 2.05) is 43.3 Å². The van der Waals surface area contributed by atoms with E-state index >= 15 is 0 Å². The van der Waals surface area contributed by atoms with Crippen LogP contribution in [-0.2, 0) is 0 Å². The molecule has 2 aliphatic rings. The van der Waals surface area contributed by atoms with Crippen molar-refractivity contribution in [3.8, 4) is 22.5 Å². The second kappa shape index (κ2) is 7.55. The second-order valence-electron chi connectivity index (χ2n) is 7.18. The first-order valence-electron chi connectivity index (χ1n) is 9.91. The van der Waals surface area contributed by atoms with Crippen LogP contribution in [0.5, 0.6) is 0 Å². The minimum Gasteiger partial charge on any atom is -0.478 e. The molecule has 1 heterocycles. The van der Waals surface area contributed by atoms with Crippen LogP contribution in [0.4, 0.5) is 0 Å². The lowest BCUT2D eigenvalue weighted by Crippen LogP contribution is -2.29. The number of benzene rings is 3. The van der Waals surface area contributed by atoms with E-state index in [9.17, 15) is 9.90 Å². The third kappa shape index (κ3) is 3.31. The molecule has 0 unspecified atom stereocenters. The predicted molar refractivity (Wildman–Crippen MR) is 116 cm³/mol. The highest BCUT2D eigenvalue weighted by atomic mass is 16.4. The molecule has 0 saturated heterocycles. The van der Waals surface area contributed by atoms with E-state index in [0.717, 1.165) is 51.9 Å². The van der Waals surface area contributed by atoms with Gasteiger partial charge < -0.3 is 9.52 Å². The summed E-state index contributed by atoms with van der Waals surface area (Å²) in [6.07, 6.45) is 0. The Bertz CT molecular complexity index is 1260. The molecular formula is C25H24NO3+. The number of aromatic carboxylic acids is 1. The van der Waals surface area contributed by atoms with Gasteiger partial charge in [-0.2, -0.15) is 0 Å². The largest absolute Gasteiger partial charge is 0.478 e. The van der Waals surface area contributed by atoms with Crippen molar-refractivity contribution >= 4 is 16.9 Å². The van der Waals surface area contributed by atoms with Crippen molar-refractivity contribution in [1.29, 1.82) is 0 Å². The molecule has 4 nitrogen and oxygen atoms in total. The average Bonchev–Trinajstić information content (AvgIpc) is 2.72. The molecule has 0 atom stereocenters. The molecule has 0 amide bonds. The van der Waals surface area contributed by atoms with Crippen LogP contribution < -0.4 is 9.93 Å². The van der Waals surface area contributed by atoms with E-state index in [0.29, 0.717) is 5.56 Å². The Kier molecular flexibility index (Phi) is 4.93. The number of hydrogen-bond donors (Lipinski definition) is 1. The van der Waals surface area contributed by atoms with Crippen molar-refractivity contribution in [3.05, 3.63) is 77.1 Å². The fourth-order valence-corrected chi connectivity index (χ4v) is 3.95. The summed E-state index contributed by atoms with van der Waals surface area (Å²) in [5.74, 6) is -0.183. The molecule has 1 N–H and O–H groups in total. The normalized spacial score (nSPS) is 11.1. The van der Waals surface area contributed by atoms with Gasteiger partial charge in [0.1, 0.15) is 24.4 Å². The van der Waals surface area contributed by atoms with Gasteiger partial charge in [-0.15, -0.1) is 0 Å². The Morgan fingerprint density at radius 2 is 1.72 bits per heavy atom. The smallest absolute Gasteiger partial charge is 0.336 e. The number of carbonyl (C=O) groups is 1. The number of carboxylic acid groups (broad SMARTS) is 1. The van der Waals surface area contributed by atoms with Crippen LogP contribution in [0.25, 0.3) is 33.4 Å². The molecule has 0 aromatic heterocycles. The number of nitrogens with zero attached hydrogens (tertiary/aromatic N) is 1. The molecule has 2 aromatic carbocycles. The van der Waals surface area contributed by atoms with Crippen LogP contribution in [-0.4, -0.2) is 24.2 Å². The van der Waals surface area contributed by atoms with Gasteiger partial charge in [0.05, 0.1) is 11.6 Å². The highest BCUT2D eigenvalue weighted by Gasteiger charge is 2.21. The molecule has 0 saturated carbocycles. The maximum atomic E-state index is 11.9. The number of carboxylic acids is 1. The summed E-state index contributed by atoms with van der Waals surface area (Å²) >= 11 is 0. The van der Waals surface area contributed by atoms with Crippen molar-refractivity contribution in [2.24, 2.45) is 0 Å². The summed E-state index contributed by atoms with van der Waals surface area (Å²) in [7, 11) is 0. The maximum absolute atomic E-state index is 11.9. The van der Waals surface area contributed by atoms with E-state index in [1.54, 1.807) is 12.1 Å². The Morgan fingerprint density at radius 3 is 2.45 bits per heavy atom. The van der Waals surface area contributed by atoms with Gasteiger partial charge in [0.25, 0.3) is 0 Å². The van der Waals surface area contributed by atoms with Gasteiger partial charge >= 0.3 is 5.97 Å². The lowest BCUT2D eigenvalue weighted by atomic mass is 9.90. The molecule has 0 radical (unpaired) electrons. The third-order valence-corrected chi connectivity index (χ3v) is 5.42. The molecule has 1 aliphatic carbocycles. The second-order valence-corrected chi connectivity index (χ2v) is 7.18. The standard InChI is InChI=1S/C25H23NO3/c1-4-26(5-2)17-11-13-21-23(15-17)29-22-14-16(3)10-12-20(22)24(21)18-8-6-7-9-19(18)25(27)28/h6-15H,4-5H2,1-3H3/p+1. The van der Waals surface area contributed by atoms with Gasteiger partial charge in [0.15, 0.2) is 0 Å².